The lowest BCUT2D eigenvalue weighted by Gasteiger charge is -2.36. The van der Waals surface area contributed by atoms with Crippen LogP contribution in [-0.2, 0) is 22.6 Å². The zero-order valence-corrected chi connectivity index (χ0v) is 48.2. The summed E-state index contributed by atoms with van der Waals surface area (Å²) < 4.78 is 23.4. The van der Waals surface area contributed by atoms with Crippen molar-refractivity contribution in [3.8, 4) is 11.5 Å². The Balaban J connectivity index is 0.000000202. The monoisotopic (exact) mass is 1250 g/mol. The number of methoxy groups -OCH3 is 2. The van der Waals surface area contributed by atoms with E-state index in [1.165, 1.54) is 0 Å². The number of imidazole rings is 2. The van der Waals surface area contributed by atoms with Gasteiger partial charge in [0.15, 0.2) is 38.7 Å². The predicted molar refractivity (Wildman–Crippen MR) is 289 cm³/mol. The number of halogens is 7. The van der Waals surface area contributed by atoms with Crippen molar-refractivity contribution in [2.75, 3.05) is 76.4 Å². The molecule has 2 amide bonds. The zero-order valence-electron chi connectivity index (χ0n) is 40.4. The Morgan fingerprint density at radius 3 is 1.39 bits per heavy atom. The Labute approximate surface area is 458 Å². The maximum absolute atomic E-state index is 12.4. The van der Waals surface area contributed by atoms with Gasteiger partial charge in [0.05, 0.1) is 33.6 Å². The lowest BCUT2D eigenvalue weighted by atomic mass is 10.2. The number of carbonyl (C=O) groups is 2. The quantitative estimate of drug-likeness (QED) is 0.0989. The molecule has 71 heavy (non-hydrogen) atoms. The van der Waals surface area contributed by atoms with Crippen molar-refractivity contribution in [2.24, 2.45) is 0 Å². The van der Waals surface area contributed by atoms with Crippen molar-refractivity contribution in [1.82, 2.24) is 48.8 Å². The molecule has 0 bridgehead atoms. The SMILES string of the molecule is COc1ccc(Cn2c(Br)nc3c(N4CCN(C(=O)OC(C)(C)C)CC4)ncnc32)cc1.COc1ccc(Cn2cnc3c(N4CCN(C(=O)OC(C)(C)C)CC4)ncnc32)cc1.ClC(Cl)(Br)C(Cl)(Cl)Br. The molecule has 384 valence electrons. The normalized spacial score (nSPS) is 14.6. The summed E-state index contributed by atoms with van der Waals surface area (Å²) in [5.74, 6) is 3.21. The van der Waals surface area contributed by atoms with Crippen LogP contribution < -0.4 is 19.3 Å². The van der Waals surface area contributed by atoms with Crippen molar-refractivity contribution >= 4 is 140 Å². The molecular formula is C46H55Br3Cl4N12O6. The van der Waals surface area contributed by atoms with Crippen LogP contribution in [0.4, 0.5) is 21.2 Å². The minimum atomic E-state index is -1.36. The summed E-state index contributed by atoms with van der Waals surface area (Å²) in [6.07, 6.45) is 4.38. The first-order valence-electron chi connectivity index (χ1n) is 22.2. The lowest BCUT2D eigenvalue weighted by Crippen LogP contribution is -2.50. The third kappa shape index (κ3) is 15.5. The Kier molecular flexibility index (Phi) is 18.9. The Bertz CT molecular complexity index is 2720. The second kappa shape index (κ2) is 23.8. The average Bonchev–Trinajstić information content (AvgIpc) is 3.87. The number of anilines is 2. The topological polar surface area (TPSA) is 171 Å². The number of rotatable bonds is 9. The molecule has 18 nitrogen and oxygen atoms in total. The summed E-state index contributed by atoms with van der Waals surface area (Å²) in [6, 6.07) is 15.9. The smallest absolute Gasteiger partial charge is 0.410 e. The number of piperazine rings is 2. The van der Waals surface area contributed by atoms with Gasteiger partial charge in [-0.3, -0.25) is 4.57 Å². The molecular weight excluding hydrogens is 1200 g/mol. The first-order chi connectivity index (χ1) is 33.3. The van der Waals surface area contributed by atoms with Crippen LogP contribution in [0, 0.1) is 0 Å². The fraction of sp³-hybridized carbons (Fsp3) is 0.478. The standard InChI is InChI=1S/C22H27BrN6O3.C22H28N6O3.C2Br2Cl4/c1-22(2,3)32-21(30)28-11-9-27(10-12-28)18-17-19(25-14-24-18)29(20(23)26-17)13-15-5-7-16(31-4)8-6-15;1-22(2,3)31-21(29)27-11-9-26(10-12-27)19-18-20(24-14-23-19)28(15-25-18)13-16-5-7-17(30-4)8-6-16;3-1(5,6)2(4,7)8/h5-8,14H,9-13H2,1-4H3;5-8,14-15H,9-13H2,1-4H3;. The predicted octanol–water partition coefficient (Wildman–Crippen LogP) is 10.7. The molecule has 0 unspecified atom stereocenters. The van der Waals surface area contributed by atoms with Gasteiger partial charge in [0.25, 0.3) is 0 Å². The van der Waals surface area contributed by atoms with Gasteiger partial charge in [-0.2, -0.15) is 0 Å². The zero-order chi connectivity index (χ0) is 51.9. The second-order valence-electron chi connectivity index (χ2n) is 18.2. The second-order valence-corrected chi connectivity index (χ2v) is 25.7. The number of nitrogens with zero attached hydrogens (tertiary/aromatic N) is 12. The van der Waals surface area contributed by atoms with E-state index in [0.29, 0.717) is 70.2 Å². The molecule has 6 heterocycles. The van der Waals surface area contributed by atoms with Gasteiger partial charge in [0.2, 0.25) is 6.49 Å². The summed E-state index contributed by atoms with van der Waals surface area (Å²) in [4.78, 5) is 59.7. The minimum absolute atomic E-state index is 0.274. The highest BCUT2D eigenvalue weighted by molar-refractivity contribution is 9.14. The number of alkyl halides is 6. The molecule has 4 aromatic heterocycles. The largest absolute Gasteiger partial charge is 0.497 e. The summed E-state index contributed by atoms with van der Waals surface area (Å²) in [6.45, 7) is 17.4. The van der Waals surface area contributed by atoms with Gasteiger partial charge in [0.1, 0.15) is 35.4 Å². The molecule has 0 aliphatic carbocycles. The van der Waals surface area contributed by atoms with Crippen LogP contribution in [0.15, 0.2) is 72.2 Å². The van der Waals surface area contributed by atoms with E-state index in [2.05, 4.69) is 82.5 Å². The summed E-state index contributed by atoms with van der Waals surface area (Å²) in [5, 5.41) is 0. The molecule has 25 heteroatoms. The van der Waals surface area contributed by atoms with Gasteiger partial charge in [-0.05, 0) is 125 Å². The number of amides is 2. The van der Waals surface area contributed by atoms with E-state index in [-0.39, 0.29) is 12.2 Å². The summed E-state index contributed by atoms with van der Waals surface area (Å²) in [7, 11) is 3.31. The van der Waals surface area contributed by atoms with Gasteiger partial charge in [-0.25, -0.2) is 39.5 Å². The Morgan fingerprint density at radius 1 is 0.577 bits per heavy atom. The summed E-state index contributed by atoms with van der Waals surface area (Å²) >= 11 is 30.7. The van der Waals surface area contributed by atoms with Gasteiger partial charge in [-0.1, -0.05) is 70.7 Å². The molecule has 8 rings (SSSR count). The van der Waals surface area contributed by atoms with E-state index < -0.39 is 17.7 Å². The van der Waals surface area contributed by atoms with Gasteiger partial charge in [-0.15, -0.1) is 0 Å². The van der Waals surface area contributed by atoms with Crippen LogP contribution in [-0.4, -0.2) is 145 Å². The van der Waals surface area contributed by atoms with Crippen molar-refractivity contribution in [2.45, 2.75) is 72.3 Å². The maximum atomic E-state index is 12.4. The molecule has 0 atom stereocenters. The molecule has 0 radical (unpaired) electrons. The third-order valence-electron chi connectivity index (χ3n) is 10.6. The minimum Gasteiger partial charge on any atom is -0.497 e. The number of hydrogen-bond acceptors (Lipinski definition) is 14. The number of benzene rings is 2. The molecule has 2 aliphatic heterocycles. The van der Waals surface area contributed by atoms with Gasteiger partial charge >= 0.3 is 12.2 Å². The van der Waals surface area contributed by atoms with Crippen molar-refractivity contribution in [3.63, 3.8) is 0 Å². The molecule has 0 saturated carbocycles. The molecule has 2 aliphatic rings. The van der Waals surface area contributed by atoms with Crippen LogP contribution in [0.25, 0.3) is 22.3 Å². The fourth-order valence-electron chi connectivity index (χ4n) is 7.18. The van der Waals surface area contributed by atoms with Crippen molar-refractivity contribution in [3.05, 3.63) is 83.4 Å². The Morgan fingerprint density at radius 2 is 0.986 bits per heavy atom. The number of hydrogen-bond donors (Lipinski definition) is 0. The Hall–Kier alpha value is -4.12. The highest BCUT2D eigenvalue weighted by Gasteiger charge is 2.42. The molecule has 6 aromatic rings. The van der Waals surface area contributed by atoms with Crippen LogP contribution >= 0.6 is 94.2 Å². The van der Waals surface area contributed by atoms with Crippen LogP contribution in [0.1, 0.15) is 52.7 Å². The lowest BCUT2D eigenvalue weighted by molar-refractivity contribution is 0.0230. The van der Waals surface area contributed by atoms with E-state index >= 15 is 0 Å². The van der Waals surface area contributed by atoms with Gasteiger partial charge in [0, 0.05) is 52.4 Å². The van der Waals surface area contributed by atoms with E-state index in [4.69, 9.17) is 70.3 Å². The fourth-order valence-corrected chi connectivity index (χ4v) is 7.65. The van der Waals surface area contributed by atoms with Crippen LogP contribution in [0.3, 0.4) is 0 Å². The first kappa shape index (κ1) is 56.2. The summed E-state index contributed by atoms with van der Waals surface area (Å²) in [5.41, 5.74) is 4.28. The highest BCUT2D eigenvalue weighted by atomic mass is 79.9. The van der Waals surface area contributed by atoms with Crippen molar-refractivity contribution < 1.29 is 28.5 Å². The van der Waals surface area contributed by atoms with E-state index in [1.54, 1.807) is 43.0 Å². The first-order valence-corrected chi connectivity index (χ1v) is 26.1. The molecule has 2 aromatic carbocycles. The molecule has 0 N–H and O–H groups in total. The number of carbonyl (C=O) groups excluding carboxylic acids is 2. The number of aromatic nitrogens is 8. The third-order valence-corrected chi connectivity index (χ3v) is 15.4. The van der Waals surface area contributed by atoms with E-state index in [1.807, 2.05) is 99.2 Å². The maximum Gasteiger partial charge on any atom is 0.410 e. The van der Waals surface area contributed by atoms with Crippen LogP contribution in [0.2, 0.25) is 0 Å². The average molecular weight is 1250 g/mol. The van der Waals surface area contributed by atoms with Crippen LogP contribution in [0.5, 0.6) is 11.5 Å². The molecule has 2 saturated heterocycles. The van der Waals surface area contributed by atoms with Crippen molar-refractivity contribution in [1.29, 1.82) is 0 Å². The number of fused-ring (bicyclic) bond motifs is 2. The highest BCUT2D eigenvalue weighted by Crippen LogP contribution is 2.51. The molecule has 0 spiro atoms. The number of ether oxygens (including phenoxy) is 4. The van der Waals surface area contributed by atoms with E-state index in [0.717, 1.165) is 56.6 Å². The molecule has 2 fully saturated rings. The van der Waals surface area contributed by atoms with E-state index in [9.17, 15) is 9.59 Å². The van der Waals surface area contributed by atoms with Gasteiger partial charge < -0.3 is 43.1 Å².